The standard InChI is InChI=1S/C22H20FN3O3.C21H24BFN2O4.C15H12BrFN2O2.C9H7BrN2O.C9H8BrNO3.C7H5BrF3NO.C6H6FN.C5H3BrFN.C4H5NO.CH4.Na.H2O/c1-14-8-16(11-27)19(10-24-14)15-2-7-20(25-9-15)22(12-29-13-22)21(28)26-18-5-3-17(23)4-6-18;1-19(2)20(3,4)29-22(28-19)14-5-10-17(24-11-14)21(12-27-13-21)18(26)25-16-8-6-15(23)7-9-16;16-10-1-6-13(18-7-10)15(8-21-9-15)14(20)19-12-4-2-11(17)3-5-12;10-7-1-2-8(12-3-7)9(4-11)5-13-6-9;10-6-1-2-7(11-3-6)9(8(12)13)4-14-5-9;8-5-2-12-6(7(9,10)11)1-4(5)3-13;7-5-1-3-6(8)4-2-5;6-4-1-2-5(7)8-3-4;5-1-4-2-6-3-4;;;/h2-10,27H,11-13H2,1H3,(H,26,28);5-11H,12-13H2,1-4H3,(H,25,26);1-7H,8-9H2,(H,19,20);1-3H,5-6H2;1-3H,4-5H2,(H,12,13);1-2,13H,3H2;1-4H,8H2;1-3H;4H,2-3H2;1H4;;1H2/q;;;;;;;;;;+1;/p-1. The number of pyridine rings is 8. The average Bonchev–Trinajstić information content (AvgIpc) is 1.53. The molecule has 0 unspecified atom stereocenters. The van der Waals surface area contributed by atoms with Crippen LogP contribution in [0.1, 0.15) is 86.1 Å². The van der Waals surface area contributed by atoms with E-state index in [0.29, 0.717) is 76.4 Å². The van der Waals surface area contributed by atoms with E-state index in [1.165, 1.54) is 109 Å². The van der Waals surface area contributed by atoms with E-state index in [4.69, 9.17) is 64.2 Å². The van der Waals surface area contributed by atoms with Crippen molar-refractivity contribution in [3.05, 3.63) is 334 Å². The molecule has 7 aliphatic heterocycles. The molecule has 15 heterocycles. The van der Waals surface area contributed by atoms with E-state index in [9.17, 15) is 59.4 Å². The maximum atomic E-state index is 13.1. The summed E-state index contributed by atoms with van der Waals surface area (Å²) in [6, 6.07) is 50.7. The first-order chi connectivity index (χ1) is 67.1. The molecule has 12 aromatic rings. The van der Waals surface area contributed by atoms with E-state index in [0.717, 1.165) is 63.7 Å². The third kappa shape index (κ3) is 30.7. The van der Waals surface area contributed by atoms with Gasteiger partial charge in [0, 0.05) is 117 Å². The van der Waals surface area contributed by atoms with Crippen molar-refractivity contribution in [1.82, 2.24) is 39.9 Å². The molecule has 7 fully saturated rings. The first-order valence-corrected chi connectivity index (χ1v) is 46.6. The zero-order valence-corrected chi connectivity index (χ0v) is 87.1. The number of carbonyl (C=O) groups is 4. The van der Waals surface area contributed by atoms with Crippen molar-refractivity contribution in [3.63, 3.8) is 0 Å². The molecular weight excluding hydrogens is 2230 g/mol. The summed E-state index contributed by atoms with van der Waals surface area (Å²) in [5.41, 5.74) is 8.96. The van der Waals surface area contributed by atoms with Gasteiger partial charge < -0.3 is 80.2 Å². The summed E-state index contributed by atoms with van der Waals surface area (Å²) in [6.45, 7) is 13.4. The number of aliphatic hydroxyl groups is 2. The quantitative estimate of drug-likeness (QED) is 0.0204. The molecule has 0 aliphatic carbocycles. The van der Waals surface area contributed by atoms with Gasteiger partial charge >= 0.3 is 48.8 Å². The molecule has 7 saturated heterocycles. The Labute approximate surface area is 888 Å². The topological polar surface area (TPSA) is 446 Å². The minimum atomic E-state index is -4.47. The van der Waals surface area contributed by atoms with E-state index in [-0.39, 0.29) is 154 Å². The van der Waals surface area contributed by atoms with Gasteiger partial charge in [-0.25, -0.2) is 22.5 Å². The first-order valence-electron chi connectivity index (χ1n) is 42.7. The number of anilines is 4. The molecule has 4 aromatic carbocycles. The van der Waals surface area contributed by atoms with Gasteiger partial charge in [-0.2, -0.15) is 28.1 Å². The number of nitrogen functional groups attached to an aromatic ring is 1. The van der Waals surface area contributed by atoms with Crippen molar-refractivity contribution in [2.75, 3.05) is 101 Å². The van der Waals surface area contributed by atoms with Crippen LogP contribution in [0.2, 0.25) is 0 Å². The second kappa shape index (κ2) is 53.5. The van der Waals surface area contributed by atoms with Crippen LogP contribution in [0.15, 0.2) is 254 Å². The van der Waals surface area contributed by atoms with Crippen LogP contribution in [-0.4, -0.2) is 182 Å². The number of aromatic nitrogens is 8. The number of benzene rings is 4. The van der Waals surface area contributed by atoms with E-state index < -0.39 is 75.8 Å². The molecule has 8 aromatic heterocycles. The van der Waals surface area contributed by atoms with Gasteiger partial charge in [-0.15, -0.1) is 0 Å². The number of nitrogens with zero attached hydrogens (tertiary/aromatic N) is 10. The van der Waals surface area contributed by atoms with Crippen molar-refractivity contribution in [2.24, 2.45) is 5.92 Å². The summed E-state index contributed by atoms with van der Waals surface area (Å²) < 4.78 is 146. The number of alkyl halides is 3. The smallest absolute Gasteiger partial charge is 0.870 e. The number of ether oxygens (including phenoxy) is 6. The molecule has 3 amide bonds. The fourth-order valence-corrected chi connectivity index (χ4v) is 14.5. The van der Waals surface area contributed by atoms with Gasteiger partial charge in [-0.3, -0.25) is 54.1 Å². The molecule has 30 nitrogen and oxygen atoms in total. The molecule has 752 valence electrons. The number of nitrogens with one attached hydrogen (secondary N) is 3. The van der Waals surface area contributed by atoms with Crippen LogP contribution in [0.5, 0.6) is 0 Å². The second-order valence-electron chi connectivity index (χ2n) is 33.4. The molecule has 7 aliphatic rings. The van der Waals surface area contributed by atoms with E-state index >= 15 is 0 Å². The molecule has 0 atom stereocenters. The molecule has 144 heavy (non-hydrogen) atoms. The number of nitrogens with two attached hydrogens (primary N) is 1. The number of carbonyl (C=O) groups excluding carboxylic acids is 3. The normalized spacial score (nSPS) is 16.2. The van der Waals surface area contributed by atoms with Crippen LogP contribution in [0.3, 0.4) is 0 Å². The number of aryl methyl sites for hydroxylation is 1. The number of carboxylic acids is 1. The van der Waals surface area contributed by atoms with Crippen molar-refractivity contribution in [1.29, 1.82) is 10.5 Å². The Morgan fingerprint density at radius 3 is 1.11 bits per heavy atom. The van der Waals surface area contributed by atoms with Gasteiger partial charge in [-0.1, -0.05) is 19.6 Å². The van der Waals surface area contributed by atoms with Crippen molar-refractivity contribution < 1.29 is 142 Å². The first kappa shape index (κ1) is 118. The molecule has 19 rings (SSSR count). The summed E-state index contributed by atoms with van der Waals surface area (Å²) in [5.74, 6) is -3.12. The summed E-state index contributed by atoms with van der Waals surface area (Å²) in [5, 5.41) is 52.8. The SMILES string of the molecule is C.CC1(C)OB(c2ccc(C3(C(=O)Nc4ccc(F)cc4)COC3)nc2)OC1(C)C.Cc1cc(CO)c(-c2ccc(C3(C(=O)Nc4ccc(F)cc4)COC3)nc2)cn1.Fc1ccc(Br)cn1.N#CC1(c2ccc(Br)cn2)COC1.N#CC1COC1.Nc1ccc(F)cc1.O=C(Nc1ccc(F)cc1)C1(c2ccc(Br)cn2)COC1.O=C(O)C1(c2ccc(Br)cn2)COC1.OCc1cc(C(F)(F)F)ncc1Br.[Na+].[OH-]. The molecule has 9 N–H and O–H groups in total. The predicted molar refractivity (Wildman–Crippen MR) is 529 cm³/mol. The molecule has 0 radical (unpaired) electrons. The Morgan fingerprint density at radius 2 is 0.826 bits per heavy atom. The largest absolute Gasteiger partial charge is 1.00 e. The van der Waals surface area contributed by atoms with Crippen LogP contribution < -0.4 is 56.7 Å². The molecule has 0 saturated carbocycles. The average molecular weight is 2320 g/mol. The van der Waals surface area contributed by atoms with Crippen LogP contribution in [-0.2, 0) is 103 Å². The minimum Gasteiger partial charge on any atom is -0.870 e. The fourth-order valence-electron chi connectivity index (χ4n) is 13.2. The fraction of sp³-hybridized carbons (Fsp3) is 0.293. The number of amides is 3. The third-order valence-electron chi connectivity index (χ3n) is 22.8. The Balaban J connectivity index is 0.000000206. The van der Waals surface area contributed by atoms with Gasteiger partial charge in [0.1, 0.15) is 50.6 Å². The number of aliphatic hydroxyl groups excluding tert-OH is 2. The third-order valence-corrected chi connectivity index (χ3v) is 25.4. The maximum absolute atomic E-state index is 13.1. The Hall–Kier alpha value is -10.8. The van der Waals surface area contributed by atoms with E-state index in [2.05, 4.69) is 148 Å². The number of nitriles is 2. The zero-order valence-electron chi connectivity index (χ0n) is 77.1. The monoisotopic (exact) mass is 2320 g/mol. The van der Waals surface area contributed by atoms with E-state index in [1.807, 2.05) is 77.1 Å². The van der Waals surface area contributed by atoms with Gasteiger partial charge in [0.15, 0.2) is 5.41 Å². The molecule has 45 heteroatoms. The zero-order chi connectivity index (χ0) is 102. The summed E-state index contributed by atoms with van der Waals surface area (Å²) in [7, 11) is -0.511. The van der Waals surface area contributed by atoms with Gasteiger partial charge in [0.2, 0.25) is 23.7 Å². The maximum Gasteiger partial charge on any atom is 1.00 e. The second-order valence-corrected chi connectivity index (χ2v) is 37.9. The molecule has 0 spiro atoms. The number of rotatable bonds is 16. The van der Waals surface area contributed by atoms with Gasteiger partial charge in [-0.05, 0) is 295 Å². The van der Waals surface area contributed by atoms with Gasteiger partial charge in [0.25, 0.3) is 0 Å². The Morgan fingerprint density at radius 1 is 0.458 bits per heavy atom. The number of carboxylic acid groups (broad SMARTS) is 1. The minimum absolute atomic E-state index is 0. The van der Waals surface area contributed by atoms with Crippen molar-refractivity contribution >= 4 is 139 Å². The van der Waals surface area contributed by atoms with Crippen LogP contribution >= 0.6 is 79.6 Å². The van der Waals surface area contributed by atoms with Crippen molar-refractivity contribution in [3.8, 4) is 23.3 Å². The number of aliphatic carboxylic acids is 1. The van der Waals surface area contributed by atoms with Crippen LogP contribution in [0, 0.1) is 64.7 Å². The number of hydrogen-bond donors (Lipinski definition) is 7. The molecule has 0 bridgehead atoms. The van der Waals surface area contributed by atoms with Crippen molar-refractivity contribution in [2.45, 2.75) is 99.7 Å². The summed E-state index contributed by atoms with van der Waals surface area (Å²) in [6.07, 6.45) is 7.98. The Kier molecular flexibility index (Phi) is 44.0. The number of halogens is 13. The van der Waals surface area contributed by atoms with Crippen LogP contribution in [0.25, 0.3) is 11.1 Å². The van der Waals surface area contributed by atoms with Crippen LogP contribution in [0.4, 0.5) is 57.9 Å². The predicted octanol–water partition coefficient (Wildman–Crippen LogP) is 14.5. The Bertz CT molecular complexity index is 6220. The summed E-state index contributed by atoms with van der Waals surface area (Å²) in [4.78, 5) is 81.9. The van der Waals surface area contributed by atoms with Gasteiger partial charge in [0.05, 0.1) is 150 Å². The van der Waals surface area contributed by atoms with E-state index in [1.54, 1.807) is 67.5 Å². The molecular formula is C99H95BBr5F8N14NaO16. The summed E-state index contributed by atoms with van der Waals surface area (Å²) >= 11 is 15.9. The number of hydrogen-bond acceptors (Lipinski definition) is 26.